The zero-order valence-corrected chi connectivity index (χ0v) is 11.3. The summed E-state index contributed by atoms with van der Waals surface area (Å²) in [5, 5.41) is 1.53. The topological polar surface area (TPSA) is 41.6 Å². The minimum absolute atomic E-state index is 0.0337. The number of halogens is 1. The van der Waals surface area contributed by atoms with Gasteiger partial charge in [-0.3, -0.25) is 15.2 Å². The van der Waals surface area contributed by atoms with E-state index >= 15 is 0 Å². The first-order valence-corrected chi connectivity index (χ1v) is 6.05. The summed E-state index contributed by atoms with van der Waals surface area (Å²) in [7, 11) is 3.13. The SMILES string of the molecule is COc1ccc(C(=O)NN(C)c2ccccc2)c(F)c1. The molecule has 2 aromatic rings. The van der Waals surface area contributed by atoms with Crippen LogP contribution < -0.4 is 15.2 Å². The van der Waals surface area contributed by atoms with Crippen molar-refractivity contribution < 1.29 is 13.9 Å². The Morgan fingerprint density at radius 3 is 2.50 bits per heavy atom. The van der Waals surface area contributed by atoms with Gasteiger partial charge in [-0.2, -0.15) is 0 Å². The fourth-order valence-corrected chi connectivity index (χ4v) is 1.74. The molecule has 2 rings (SSSR count). The van der Waals surface area contributed by atoms with Crippen molar-refractivity contribution in [3.05, 3.63) is 59.9 Å². The van der Waals surface area contributed by atoms with Crippen LogP contribution in [0.25, 0.3) is 0 Å². The molecule has 0 saturated heterocycles. The number of methoxy groups -OCH3 is 1. The maximum atomic E-state index is 13.8. The summed E-state index contributed by atoms with van der Waals surface area (Å²) in [6.45, 7) is 0. The molecule has 4 nitrogen and oxygen atoms in total. The Balaban J connectivity index is 2.12. The molecular formula is C15H15FN2O2. The van der Waals surface area contributed by atoms with E-state index < -0.39 is 11.7 Å². The van der Waals surface area contributed by atoms with Crippen LogP contribution in [0.15, 0.2) is 48.5 Å². The average Bonchev–Trinajstić information content (AvgIpc) is 2.47. The predicted molar refractivity (Wildman–Crippen MR) is 75.3 cm³/mol. The maximum Gasteiger partial charge on any atom is 0.272 e. The number of benzene rings is 2. The predicted octanol–water partition coefficient (Wildman–Crippen LogP) is 2.62. The highest BCUT2D eigenvalue weighted by Crippen LogP contribution is 2.16. The number of para-hydroxylation sites is 1. The van der Waals surface area contributed by atoms with Crippen LogP contribution in [-0.2, 0) is 0 Å². The van der Waals surface area contributed by atoms with Crippen LogP contribution in [0.5, 0.6) is 5.75 Å². The summed E-state index contributed by atoms with van der Waals surface area (Å²) >= 11 is 0. The van der Waals surface area contributed by atoms with Crippen LogP contribution in [0.3, 0.4) is 0 Å². The minimum Gasteiger partial charge on any atom is -0.497 e. The number of anilines is 1. The molecule has 0 aliphatic carbocycles. The van der Waals surface area contributed by atoms with E-state index in [0.29, 0.717) is 5.75 Å². The first kappa shape index (κ1) is 13.9. The number of carbonyl (C=O) groups excluding carboxylic acids is 1. The van der Waals surface area contributed by atoms with Gasteiger partial charge in [0.25, 0.3) is 5.91 Å². The fourth-order valence-electron chi connectivity index (χ4n) is 1.74. The Kier molecular flexibility index (Phi) is 4.20. The molecule has 0 atom stereocenters. The minimum atomic E-state index is -0.622. The quantitative estimate of drug-likeness (QED) is 0.871. The number of amides is 1. The summed E-state index contributed by atoms with van der Waals surface area (Å²) in [5.41, 5.74) is 3.37. The van der Waals surface area contributed by atoms with Crippen LogP contribution in [0.1, 0.15) is 10.4 Å². The van der Waals surface area contributed by atoms with Crippen LogP contribution in [-0.4, -0.2) is 20.1 Å². The van der Waals surface area contributed by atoms with Gasteiger partial charge >= 0.3 is 0 Å². The molecule has 104 valence electrons. The summed E-state index contributed by atoms with van der Waals surface area (Å²) in [5.74, 6) is -0.768. The highest BCUT2D eigenvalue weighted by Gasteiger charge is 2.14. The molecule has 0 radical (unpaired) electrons. The molecular weight excluding hydrogens is 259 g/mol. The molecule has 0 spiro atoms. The molecule has 0 aromatic heterocycles. The van der Waals surface area contributed by atoms with E-state index in [9.17, 15) is 9.18 Å². The third kappa shape index (κ3) is 3.06. The van der Waals surface area contributed by atoms with Crippen LogP contribution in [0.4, 0.5) is 10.1 Å². The second-order valence-corrected chi connectivity index (χ2v) is 4.18. The van der Waals surface area contributed by atoms with Gasteiger partial charge in [0.15, 0.2) is 0 Å². The first-order chi connectivity index (χ1) is 9.61. The van der Waals surface area contributed by atoms with E-state index in [1.807, 2.05) is 30.3 Å². The van der Waals surface area contributed by atoms with Crippen molar-refractivity contribution in [1.29, 1.82) is 0 Å². The number of nitrogens with zero attached hydrogens (tertiary/aromatic N) is 1. The van der Waals surface area contributed by atoms with Crippen molar-refractivity contribution in [3.63, 3.8) is 0 Å². The zero-order valence-electron chi connectivity index (χ0n) is 11.3. The largest absolute Gasteiger partial charge is 0.497 e. The molecule has 2 aromatic carbocycles. The number of hydrazine groups is 1. The number of hydrogen-bond donors (Lipinski definition) is 1. The monoisotopic (exact) mass is 274 g/mol. The number of hydrogen-bond acceptors (Lipinski definition) is 3. The molecule has 0 saturated carbocycles. The second kappa shape index (κ2) is 6.06. The highest BCUT2D eigenvalue weighted by atomic mass is 19.1. The number of rotatable bonds is 4. The third-order valence-corrected chi connectivity index (χ3v) is 2.83. The van der Waals surface area contributed by atoms with Crippen molar-refractivity contribution >= 4 is 11.6 Å². The molecule has 0 heterocycles. The summed E-state index contributed by atoms with van der Waals surface area (Å²) in [4.78, 5) is 12.0. The van der Waals surface area contributed by atoms with E-state index in [1.54, 1.807) is 13.1 Å². The lowest BCUT2D eigenvalue weighted by atomic mass is 10.2. The second-order valence-electron chi connectivity index (χ2n) is 4.18. The van der Waals surface area contributed by atoms with E-state index in [-0.39, 0.29) is 5.56 Å². The fraction of sp³-hybridized carbons (Fsp3) is 0.133. The number of nitrogens with one attached hydrogen (secondary N) is 1. The highest BCUT2D eigenvalue weighted by molar-refractivity contribution is 5.95. The zero-order chi connectivity index (χ0) is 14.5. The average molecular weight is 274 g/mol. The lowest BCUT2D eigenvalue weighted by Crippen LogP contribution is -2.39. The Hall–Kier alpha value is -2.56. The van der Waals surface area contributed by atoms with E-state index in [4.69, 9.17) is 4.74 Å². The molecule has 20 heavy (non-hydrogen) atoms. The molecule has 1 amide bonds. The van der Waals surface area contributed by atoms with Gasteiger partial charge in [0, 0.05) is 13.1 Å². The molecule has 0 unspecified atom stereocenters. The van der Waals surface area contributed by atoms with Gasteiger partial charge in [-0.1, -0.05) is 18.2 Å². The van der Waals surface area contributed by atoms with Crippen molar-refractivity contribution in [2.75, 3.05) is 19.2 Å². The normalized spacial score (nSPS) is 9.95. The van der Waals surface area contributed by atoms with Crippen LogP contribution in [0.2, 0.25) is 0 Å². The van der Waals surface area contributed by atoms with E-state index in [2.05, 4.69) is 5.43 Å². The molecule has 5 heteroatoms. The van der Waals surface area contributed by atoms with Gasteiger partial charge in [-0.15, -0.1) is 0 Å². The van der Waals surface area contributed by atoms with Crippen LogP contribution in [0, 0.1) is 5.82 Å². The van der Waals surface area contributed by atoms with Crippen molar-refractivity contribution in [2.24, 2.45) is 0 Å². The van der Waals surface area contributed by atoms with Crippen LogP contribution >= 0.6 is 0 Å². The smallest absolute Gasteiger partial charge is 0.272 e. The summed E-state index contributed by atoms with van der Waals surface area (Å²) < 4.78 is 18.7. The van der Waals surface area contributed by atoms with Crippen molar-refractivity contribution in [1.82, 2.24) is 5.43 Å². The molecule has 1 N–H and O–H groups in total. The Morgan fingerprint density at radius 2 is 1.90 bits per heavy atom. The van der Waals surface area contributed by atoms with E-state index in [1.165, 1.54) is 24.3 Å². The lowest BCUT2D eigenvalue weighted by Gasteiger charge is -2.20. The summed E-state index contributed by atoms with van der Waals surface area (Å²) in [6.07, 6.45) is 0. The van der Waals surface area contributed by atoms with Crippen molar-refractivity contribution in [3.8, 4) is 5.75 Å². The Morgan fingerprint density at radius 1 is 1.20 bits per heavy atom. The third-order valence-electron chi connectivity index (χ3n) is 2.83. The molecule has 0 bridgehead atoms. The van der Waals surface area contributed by atoms with Gasteiger partial charge in [0.05, 0.1) is 18.4 Å². The maximum absolute atomic E-state index is 13.8. The Labute approximate surface area is 116 Å². The van der Waals surface area contributed by atoms with Gasteiger partial charge in [0.1, 0.15) is 11.6 Å². The van der Waals surface area contributed by atoms with Gasteiger partial charge < -0.3 is 4.74 Å². The van der Waals surface area contributed by atoms with E-state index in [0.717, 1.165) is 5.69 Å². The number of carbonyl (C=O) groups is 1. The first-order valence-electron chi connectivity index (χ1n) is 6.05. The summed E-state index contributed by atoms with van der Waals surface area (Å²) in [6, 6.07) is 13.4. The standard InChI is InChI=1S/C15H15FN2O2/c1-18(11-6-4-3-5-7-11)17-15(19)13-9-8-12(20-2)10-14(13)16/h3-10H,1-2H3,(H,17,19). The lowest BCUT2D eigenvalue weighted by molar-refractivity contribution is 0.0947. The van der Waals surface area contributed by atoms with Gasteiger partial charge in [0.2, 0.25) is 0 Å². The van der Waals surface area contributed by atoms with Crippen molar-refractivity contribution in [2.45, 2.75) is 0 Å². The molecule has 0 aliphatic rings. The van der Waals surface area contributed by atoms with Gasteiger partial charge in [-0.25, -0.2) is 4.39 Å². The Bertz CT molecular complexity index is 602. The molecule has 0 aliphatic heterocycles. The number of ether oxygens (including phenoxy) is 1. The van der Waals surface area contributed by atoms with Gasteiger partial charge in [-0.05, 0) is 24.3 Å². The molecule has 0 fully saturated rings.